The first kappa shape index (κ1) is 20.3. The Morgan fingerprint density at radius 1 is 1.00 bits per heavy atom. The maximum absolute atomic E-state index is 12.8. The van der Waals surface area contributed by atoms with Crippen LogP contribution in [-0.2, 0) is 14.3 Å². The number of esters is 1. The maximum Gasteiger partial charge on any atom is 0.313 e. The number of hydrogen-bond acceptors (Lipinski definition) is 5. The summed E-state index contributed by atoms with van der Waals surface area (Å²) >= 11 is 0. The molecular weight excluding hydrogens is 354 g/mol. The second-order valence-electron chi connectivity index (χ2n) is 7.47. The van der Waals surface area contributed by atoms with Gasteiger partial charge in [0.25, 0.3) is 0 Å². The smallest absolute Gasteiger partial charge is 0.313 e. The highest BCUT2D eigenvalue weighted by Gasteiger charge is 2.24. The van der Waals surface area contributed by atoms with Crippen LogP contribution in [0.15, 0.2) is 34.8 Å². The number of allylic oxidation sites excluding steroid dienone is 1. The standard InChI is InChI=1S/C23H29NO4/c1-17-24-21-16-18(11-14-22(21)28-17)20-13-12-19(25)10-8-6-4-2-3-5-7-9-15-27-23(20)26/h5,7,11,14,16,20H,2-4,6,8-10,12-13,15H2,1H3. The van der Waals surface area contributed by atoms with Crippen molar-refractivity contribution in [2.75, 3.05) is 6.61 Å². The van der Waals surface area contributed by atoms with E-state index < -0.39 is 5.92 Å². The Hall–Kier alpha value is -2.43. The maximum atomic E-state index is 12.8. The molecule has 1 unspecified atom stereocenters. The highest BCUT2D eigenvalue weighted by atomic mass is 16.5. The normalized spacial score (nSPS) is 21.0. The molecular formula is C23H29NO4. The minimum atomic E-state index is -0.456. The number of aromatic nitrogens is 1. The molecule has 0 bridgehead atoms. The first-order valence-electron chi connectivity index (χ1n) is 10.3. The Kier molecular flexibility index (Phi) is 7.40. The molecule has 150 valence electrons. The number of carbonyl (C=O) groups is 2. The third-order valence-corrected chi connectivity index (χ3v) is 5.19. The summed E-state index contributed by atoms with van der Waals surface area (Å²) in [6.45, 7) is 2.16. The molecule has 0 fully saturated rings. The summed E-state index contributed by atoms with van der Waals surface area (Å²) < 4.78 is 11.0. The second-order valence-corrected chi connectivity index (χ2v) is 7.47. The average molecular weight is 383 g/mol. The van der Waals surface area contributed by atoms with Gasteiger partial charge in [0.15, 0.2) is 11.5 Å². The van der Waals surface area contributed by atoms with Crippen LogP contribution >= 0.6 is 0 Å². The van der Waals surface area contributed by atoms with E-state index >= 15 is 0 Å². The molecule has 5 nitrogen and oxygen atoms in total. The molecule has 0 saturated heterocycles. The number of benzene rings is 1. The lowest BCUT2D eigenvalue weighted by atomic mass is 9.92. The lowest BCUT2D eigenvalue weighted by Gasteiger charge is -2.16. The van der Waals surface area contributed by atoms with Gasteiger partial charge < -0.3 is 9.15 Å². The minimum Gasteiger partial charge on any atom is -0.465 e. The fraction of sp³-hybridized carbons (Fsp3) is 0.522. The monoisotopic (exact) mass is 383 g/mol. The van der Waals surface area contributed by atoms with Gasteiger partial charge in [0, 0.05) is 19.8 Å². The number of cyclic esters (lactones) is 1. The Morgan fingerprint density at radius 3 is 2.71 bits per heavy atom. The van der Waals surface area contributed by atoms with Crippen molar-refractivity contribution in [1.82, 2.24) is 4.98 Å². The minimum absolute atomic E-state index is 0.225. The summed E-state index contributed by atoms with van der Waals surface area (Å²) in [5.74, 6) is 0.0907. The van der Waals surface area contributed by atoms with Crippen molar-refractivity contribution in [2.24, 2.45) is 0 Å². The van der Waals surface area contributed by atoms with E-state index in [0.717, 1.165) is 49.6 Å². The zero-order valence-electron chi connectivity index (χ0n) is 16.6. The molecule has 0 aliphatic carbocycles. The summed E-state index contributed by atoms with van der Waals surface area (Å²) in [6, 6.07) is 5.59. The van der Waals surface area contributed by atoms with E-state index in [-0.39, 0.29) is 11.8 Å². The zero-order chi connectivity index (χ0) is 19.8. The van der Waals surface area contributed by atoms with Crippen molar-refractivity contribution in [3.8, 4) is 0 Å². The highest BCUT2D eigenvalue weighted by Crippen LogP contribution is 2.27. The van der Waals surface area contributed by atoms with Gasteiger partial charge in [-0.15, -0.1) is 0 Å². The summed E-state index contributed by atoms with van der Waals surface area (Å²) in [4.78, 5) is 29.4. The predicted molar refractivity (Wildman–Crippen MR) is 108 cm³/mol. The predicted octanol–water partition coefficient (Wildman–Crippen LogP) is 5.41. The number of fused-ring (bicyclic) bond motifs is 1. The SMILES string of the molecule is Cc1nc2cc(C3CCC(=O)CCCCCCC=CCCOC3=O)ccc2o1. The number of ether oxygens (including phenoxy) is 1. The van der Waals surface area contributed by atoms with Crippen molar-refractivity contribution in [3.63, 3.8) is 0 Å². The van der Waals surface area contributed by atoms with Crippen LogP contribution in [0.2, 0.25) is 0 Å². The van der Waals surface area contributed by atoms with Gasteiger partial charge in [0.05, 0.1) is 12.5 Å². The van der Waals surface area contributed by atoms with Crippen LogP contribution in [0, 0.1) is 6.92 Å². The Labute approximate surface area is 166 Å². The van der Waals surface area contributed by atoms with Crippen molar-refractivity contribution < 1.29 is 18.7 Å². The van der Waals surface area contributed by atoms with Gasteiger partial charge in [-0.25, -0.2) is 4.98 Å². The van der Waals surface area contributed by atoms with E-state index in [1.165, 1.54) is 0 Å². The topological polar surface area (TPSA) is 69.4 Å². The first-order chi connectivity index (χ1) is 13.6. The summed E-state index contributed by atoms with van der Waals surface area (Å²) in [5.41, 5.74) is 2.25. The number of Topliss-reactive ketones (excluding diaryl/α,β-unsaturated/α-hetero) is 1. The van der Waals surface area contributed by atoms with Crippen molar-refractivity contribution in [3.05, 3.63) is 41.8 Å². The third kappa shape index (κ3) is 5.78. The molecule has 28 heavy (non-hydrogen) atoms. The lowest BCUT2D eigenvalue weighted by molar-refractivity contribution is -0.145. The Morgan fingerprint density at radius 2 is 1.82 bits per heavy atom. The molecule has 0 spiro atoms. The van der Waals surface area contributed by atoms with E-state index in [2.05, 4.69) is 17.1 Å². The summed E-state index contributed by atoms with van der Waals surface area (Å²) in [7, 11) is 0. The number of carbonyl (C=O) groups excluding carboxylic acids is 2. The molecule has 1 aromatic heterocycles. The Balaban J connectivity index is 1.76. The van der Waals surface area contributed by atoms with Gasteiger partial charge in [-0.2, -0.15) is 0 Å². The summed E-state index contributed by atoms with van der Waals surface area (Å²) in [5, 5.41) is 0. The van der Waals surface area contributed by atoms with Gasteiger partial charge in [-0.3, -0.25) is 9.59 Å². The van der Waals surface area contributed by atoms with Crippen molar-refractivity contribution in [2.45, 2.75) is 70.6 Å². The van der Waals surface area contributed by atoms with Crippen LogP contribution in [0.4, 0.5) is 0 Å². The van der Waals surface area contributed by atoms with E-state index in [9.17, 15) is 9.59 Å². The zero-order valence-corrected chi connectivity index (χ0v) is 16.6. The number of hydrogen-bond donors (Lipinski definition) is 0. The number of aryl methyl sites for hydroxylation is 1. The van der Waals surface area contributed by atoms with E-state index in [1.54, 1.807) is 6.92 Å². The van der Waals surface area contributed by atoms with Gasteiger partial charge in [-0.05, 0) is 49.8 Å². The van der Waals surface area contributed by atoms with Crippen LogP contribution in [0.25, 0.3) is 11.1 Å². The van der Waals surface area contributed by atoms with Crippen LogP contribution in [-0.4, -0.2) is 23.3 Å². The van der Waals surface area contributed by atoms with Gasteiger partial charge >= 0.3 is 5.97 Å². The first-order valence-corrected chi connectivity index (χ1v) is 10.3. The highest BCUT2D eigenvalue weighted by molar-refractivity contribution is 5.83. The molecule has 3 rings (SSSR count). The number of ketones is 1. The largest absolute Gasteiger partial charge is 0.465 e. The van der Waals surface area contributed by atoms with E-state index in [4.69, 9.17) is 9.15 Å². The number of rotatable bonds is 1. The molecule has 0 N–H and O–H groups in total. The number of oxazole rings is 1. The molecule has 0 saturated carbocycles. The summed E-state index contributed by atoms with van der Waals surface area (Å²) in [6.07, 6.45) is 11.8. The van der Waals surface area contributed by atoms with Crippen LogP contribution < -0.4 is 0 Å². The average Bonchev–Trinajstić information content (AvgIpc) is 3.04. The van der Waals surface area contributed by atoms with Crippen LogP contribution in [0.5, 0.6) is 0 Å². The molecule has 0 amide bonds. The fourth-order valence-corrected chi connectivity index (χ4v) is 3.63. The van der Waals surface area contributed by atoms with Crippen LogP contribution in [0.3, 0.4) is 0 Å². The molecule has 2 heterocycles. The fourth-order valence-electron chi connectivity index (χ4n) is 3.63. The molecule has 0 radical (unpaired) electrons. The number of nitrogens with zero attached hydrogens (tertiary/aromatic N) is 1. The molecule has 1 atom stereocenters. The van der Waals surface area contributed by atoms with Gasteiger partial charge in [-0.1, -0.05) is 31.1 Å². The molecule has 5 heteroatoms. The van der Waals surface area contributed by atoms with Gasteiger partial charge in [0.2, 0.25) is 0 Å². The van der Waals surface area contributed by atoms with Crippen molar-refractivity contribution >= 4 is 22.9 Å². The van der Waals surface area contributed by atoms with Gasteiger partial charge in [0.1, 0.15) is 11.3 Å². The van der Waals surface area contributed by atoms with Crippen molar-refractivity contribution in [1.29, 1.82) is 0 Å². The van der Waals surface area contributed by atoms with E-state index in [0.29, 0.717) is 37.3 Å². The molecule has 1 aliphatic rings. The molecule has 1 aromatic carbocycles. The Bertz CT molecular complexity index is 836. The third-order valence-electron chi connectivity index (χ3n) is 5.19. The van der Waals surface area contributed by atoms with Crippen LogP contribution in [0.1, 0.15) is 75.2 Å². The molecule has 1 aliphatic heterocycles. The quantitative estimate of drug-likeness (QED) is 0.486. The van der Waals surface area contributed by atoms with E-state index in [1.807, 2.05) is 18.2 Å². The second kappa shape index (κ2) is 10.2. The lowest BCUT2D eigenvalue weighted by Crippen LogP contribution is -2.18. The molecule has 2 aromatic rings.